The fourth-order valence-corrected chi connectivity index (χ4v) is 0.983. The standard InChI is InChI=1S/C13H22F2O4/c1-5-12(2,3)11(17)19-8-6-10(16)18-9-7-13(4,14)15/h5-9H2,1-4H3. The molecule has 112 valence electrons. The molecule has 0 bridgehead atoms. The topological polar surface area (TPSA) is 52.6 Å². The molecule has 0 fully saturated rings. The lowest BCUT2D eigenvalue weighted by molar-refractivity contribution is -0.156. The van der Waals surface area contributed by atoms with E-state index in [1.165, 1.54) is 0 Å². The van der Waals surface area contributed by atoms with E-state index in [1.54, 1.807) is 13.8 Å². The van der Waals surface area contributed by atoms with Crippen LogP contribution in [0.15, 0.2) is 0 Å². The van der Waals surface area contributed by atoms with Gasteiger partial charge in [-0.15, -0.1) is 0 Å². The minimum Gasteiger partial charge on any atom is -0.465 e. The summed E-state index contributed by atoms with van der Waals surface area (Å²) < 4.78 is 34.4. The van der Waals surface area contributed by atoms with Gasteiger partial charge in [0.15, 0.2) is 0 Å². The first kappa shape index (κ1) is 17.8. The van der Waals surface area contributed by atoms with Crippen LogP contribution in [0.3, 0.4) is 0 Å². The Hall–Kier alpha value is -1.20. The molecule has 0 unspecified atom stereocenters. The van der Waals surface area contributed by atoms with Crippen LogP contribution >= 0.6 is 0 Å². The molecule has 0 radical (unpaired) electrons. The average Bonchev–Trinajstić information content (AvgIpc) is 2.27. The Morgan fingerprint density at radius 2 is 1.63 bits per heavy atom. The molecule has 0 aliphatic heterocycles. The van der Waals surface area contributed by atoms with Crippen LogP contribution < -0.4 is 0 Å². The van der Waals surface area contributed by atoms with Crippen LogP contribution in [0, 0.1) is 5.41 Å². The van der Waals surface area contributed by atoms with Gasteiger partial charge in [-0.25, -0.2) is 8.78 Å². The SMILES string of the molecule is CCC(C)(C)C(=O)OCCC(=O)OCCC(C)(F)F. The van der Waals surface area contributed by atoms with Gasteiger partial charge in [-0.1, -0.05) is 6.92 Å². The predicted octanol–water partition coefficient (Wildman–Crippen LogP) is 2.94. The molecule has 0 atom stereocenters. The summed E-state index contributed by atoms with van der Waals surface area (Å²) in [6, 6.07) is 0. The third kappa shape index (κ3) is 8.51. The number of carbonyl (C=O) groups excluding carboxylic acids is 2. The largest absolute Gasteiger partial charge is 0.465 e. The van der Waals surface area contributed by atoms with Crippen LogP contribution in [0.1, 0.15) is 47.0 Å². The van der Waals surface area contributed by atoms with E-state index in [0.29, 0.717) is 6.42 Å². The molecule has 0 rings (SSSR count). The molecule has 0 aliphatic rings. The van der Waals surface area contributed by atoms with Gasteiger partial charge in [-0.2, -0.15) is 0 Å². The molecule has 4 nitrogen and oxygen atoms in total. The Morgan fingerprint density at radius 3 is 2.11 bits per heavy atom. The van der Waals surface area contributed by atoms with Crippen molar-refractivity contribution in [3.05, 3.63) is 0 Å². The van der Waals surface area contributed by atoms with Gasteiger partial charge < -0.3 is 9.47 Å². The minimum atomic E-state index is -2.85. The third-order valence-corrected chi connectivity index (χ3v) is 2.78. The van der Waals surface area contributed by atoms with Crippen LogP contribution in [0.25, 0.3) is 0 Å². The first-order chi connectivity index (χ1) is 8.58. The normalized spacial score (nSPS) is 12.1. The summed E-state index contributed by atoms with van der Waals surface area (Å²) in [5, 5.41) is 0. The highest BCUT2D eigenvalue weighted by molar-refractivity contribution is 5.76. The fraction of sp³-hybridized carbons (Fsp3) is 0.846. The molecule has 0 amide bonds. The zero-order chi connectivity index (χ0) is 15.1. The molecule has 0 aliphatic carbocycles. The summed E-state index contributed by atoms with van der Waals surface area (Å²) in [4.78, 5) is 22.7. The van der Waals surface area contributed by atoms with E-state index in [1.807, 2.05) is 6.92 Å². The number of alkyl halides is 2. The van der Waals surface area contributed by atoms with Crippen molar-refractivity contribution in [1.29, 1.82) is 0 Å². The van der Waals surface area contributed by atoms with Crippen LogP contribution in [0.2, 0.25) is 0 Å². The molecule has 0 spiro atoms. The van der Waals surface area contributed by atoms with Gasteiger partial charge in [0, 0.05) is 6.42 Å². The fourth-order valence-electron chi connectivity index (χ4n) is 0.983. The Balaban J connectivity index is 3.79. The molecule has 19 heavy (non-hydrogen) atoms. The summed E-state index contributed by atoms with van der Waals surface area (Å²) >= 11 is 0. The summed E-state index contributed by atoms with van der Waals surface area (Å²) in [5.41, 5.74) is -0.589. The van der Waals surface area contributed by atoms with Crippen molar-refractivity contribution in [3.8, 4) is 0 Å². The van der Waals surface area contributed by atoms with E-state index in [4.69, 9.17) is 4.74 Å². The third-order valence-electron chi connectivity index (χ3n) is 2.78. The maximum Gasteiger partial charge on any atom is 0.311 e. The number of carbonyl (C=O) groups is 2. The van der Waals surface area contributed by atoms with Crippen molar-refractivity contribution in [2.45, 2.75) is 52.9 Å². The highest BCUT2D eigenvalue weighted by atomic mass is 19.3. The van der Waals surface area contributed by atoms with Crippen LogP contribution in [-0.2, 0) is 19.1 Å². The molecular formula is C13H22F2O4. The monoisotopic (exact) mass is 280 g/mol. The van der Waals surface area contributed by atoms with Gasteiger partial charge in [-0.05, 0) is 27.2 Å². The quantitative estimate of drug-likeness (QED) is 0.641. The van der Waals surface area contributed by atoms with Crippen molar-refractivity contribution in [3.63, 3.8) is 0 Å². The van der Waals surface area contributed by atoms with E-state index in [-0.39, 0.29) is 25.6 Å². The van der Waals surface area contributed by atoms with Crippen LogP contribution in [0.5, 0.6) is 0 Å². The predicted molar refractivity (Wildman–Crippen MR) is 65.8 cm³/mol. The van der Waals surface area contributed by atoms with Gasteiger partial charge >= 0.3 is 11.9 Å². The maximum absolute atomic E-state index is 12.4. The average molecular weight is 280 g/mol. The molecule has 6 heteroatoms. The van der Waals surface area contributed by atoms with Crippen molar-refractivity contribution in [1.82, 2.24) is 0 Å². The summed E-state index contributed by atoms with van der Waals surface area (Å²) in [6.07, 6.45) is -0.00985. The summed E-state index contributed by atoms with van der Waals surface area (Å²) in [7, 11) is 0. The number of esters is 2. The first-order valence-electron chi connectivity index (χ1n) is 6.29. The van der Waals surface area contributed by atoms with E-state index in [2.05, 4.69) is 4.74 Å². The van der Waals surface area contributed by atoms with Gasteiger partial charge in [0.2, 0.25) is 5.92 Å². The second kappa shape index (κ2) is 7.40. The zero-order valence-electron chi connectivity index (χ0n) is 11.9. The number of ether oxygens (including phenoxy) is 2. The van der Waals surface area contributed by atoms with E-state index < -0.39 is 23.7 Å². The van der Waals surface area contributed by atoms with Crippen LogP contribution in [-0.4, -0.2) is 31.1 Å². The second-order valence-electron chi connectivity index (χ2n) is 5.16. The molecule has 0 saturated heterocycles. The molecular weight excluding hydrogens is 258 g/mol. The van der Waals surface area contributed by atoms with E-state index in [0.717, 1.165) is 6.92 Å². The lowest BCUT2D eigenvalue weighted by atomic mass is 9.91. The highest BCUT2D eigenvalue weighted by Crippen LogP contribution is 2.21. The van der Waals surface area contributed by atoms with Crippen LogP contribution in [0.4, 0.5) is 8.78 Å². The second-order valence-corrected chi connectivity index (χ2v) is 5.16. The number of rotatable bonds is 8. The van der Waals surface area contributed by atoms with Crippen molar-refractivity contribution in [2.24, 2.45) is 5.41 Å². The van der Waals surface area contributed by atoms with Gasteiger partial charge in [0.25, 0.3) is 0 Å². The Kier molecular flexibility index (Phi) is 6.94. The lowest BCUT2D eigenvalue weighted by Gasteiger charge is -2.20. The molecule has 0 aromatic heterocycles. The smallest absolute Gasteiger partial charge is 0.311 e. The molecule has 0 heterocycles. The Morgan fingerprint density at radius 1 is 1.05 bits per heavy atom. The molecule has 0 aromatic rings. The molecule has 0 N–H and O–H groups in total. The van der Waals surface area contributed by atoms with Gasteiger partial charge in [0.05, 0.1) is 18.4 Å². The molecule has 0 saturated carbocycles. The van der Waals surface area contributed by atoms with Gasteiger partial charge in [-0.3, -0.25) is 9.59 Å². The number of halogens is 2. The van der Waals surface area contributed by atoms with E-state index in [9.17, 15) is 18.4 Å². The van der Waals surface area contributed by atoms with Crippen molar-refractivity contribution >= 4 is 11.9 Å². The lowest BCUT2D eigenvalue weighted by Crippen LogP contribution is -2.26. The van der Waals surface area contributed by atoms with Crippen molar-refractivity contribution < 1.29 is 27.8 Å². The Bertz CT molecular complexity index is 308. The number of hydrogen-bond donors (Lipinski definition) is 0. The summed E-state index contributed by atoms with van der Waals surface area (Å²) in [6.45, 7) is 5.68. The zero-order valence-corrected chi connectivity index (χ0v) is 11.9. The number of hydrogen-bond acceptors (Lipinski definition) is 4. The van der Waals surface area contributed by atoms with E-state index >= 15 is 0 Å². The van der Waals surface area contributed by atoms with Gasteiger partial charge in [0.1, 0.15) is 6.61 Å². The maximum atomic E-state index is 12.4. The first-order valence-corrected chi connectivity index (χ1v) is 6.29. The van der Waals surface area contributed by atoms with Crippen molar-refractivity contribution in [2.75, 3.05) is 13.2 Å². The summed E-state index contributed by atoms with van der Waals surface area (Å²) in [5.74, 6) is -3.88. The Labute approximate surface area is 112 Å². The molecule has 0 aromatic carbocycles. The highest BCUT2D eigenvalue weighted by Gasteiger charge is 2.27. The minimum absolute atomic E-state index is 0.0936.